The number of rotatable bonds is 7. The molecule has 0 radical (unpaired) electrons. The minimum absolute atomic E-state index is 0. The molecule has 1 heterocycles. The van der Waals surface area contributed by atoms with Gasteiger partial charge >= 0.3 is 0 Å². The Labute approximate surface area is 190 Å². The van der Waals surface area contributed by atoms with Gasteiger partial charge in [0.05, 0.1) is 5.38 Å². The smallest absolute Gasteiger partial charge is 0.230 e. The molecule has 4 aromatic rings. The molecule has 4 rings (SSSR count). The SMILES string of the molecule is CC(Cc1ccccc1)c1cc(C(C)Cc2ccccc2)cc(-[n+]2ccsc2)c1.[Cl-]. The van der Waals surface area contributed by atoms with Crippen molar-refractivity contribution in [1.82, 2.24) is 0 Å². The van der Waals surface area contributed by atoms with Crippen LogP contribution in [0.15, 0.2) is 96.0 Å². The number of halogens is 1. The topological polar surface area (TPSA) is 3.88 Å². The maximum Gasteiger partial charge on any atom is 0.230 e. The molecule has 2 atom stereocenters. The summed E-state index contributed by atoms with van der Waals surface area (Å²) in [4.78, 5) is 0. The summed E-state index contributed by atoms with van der Waals surface area (Å²) in [6, 6.07) is 28.8. The van der Waals surface area contributed by atoms with Gasteiger partial charge in [0.15, 0.2) is 6.20 Å². The number of hydrogen-bond donors (Lipinski definition) is 0. The van der Waals surface area contributed by atoms with Gasteiger partial charge in [-0.05, 0) is 46.9 Å². The first-order valence-corrected chi connectivity index (χ1v) is 11.3. The highest BCUT2D eigenvalue weighted by molar-refractivity contribution is 7.07. The van der Waals surface area contributed by atoms with E-state index in [4.69, 9.17) is 0 Å². The molecule has 0 aliphatic heterocycles. The molecule has 2 unspecified atom stereocenters. The Morgan fingerprint density at radius 3 is 1.67 bits per heavy atom. The zero-order valence-electron chi connectivity index (χ0n) is 17.5. The molecule has 0 saturated heterocycles. The van der Waals surface area contributed by atoms with Crippen molar-refractivity contribution in [3.05, 3.63) is 118 Å². The molecular weight excluding hydrogens is 406 g/mol. The highest BCUT2D eigenvalue weighted by Gasteiger charge is 2.17. The third kappa shape index (κ3) is 5.59. The van der Waals surface area contributed by atoms with Crippen LogP contribution in [0.2, 0.25) is 0 Å². The molecule has 0 bridgehead atoms. The molecule has 0 saturated carbocycles. The summed E-state index contributed by atoms with van der Waals surface area (Å²) in [5.74, 6) is 0.943. The predicted octanol–water partition coefficient (Wildman–Crippen LogP) is 3.72. The summed E-state index contributed by atoms with van der Waals surface area (Å²) in [7, 11) is 0. The van der Waals surface area contributed by atoms with Crippen LogP contribution in [-0.4, -0.2) is 0 Å². The van der Waals surface area contributed by atoms with Crippen LogP contribution in [0.4, 0.5) is 0 Å². The summed E-state index contributed by atoms with van der Waals surface area (Å²) in [5.41, 5.74) is 9.06. The number of benzene rings is 3. The average molecular weight is 434 g/mol. The van der Waals surface area contributed by atoms with Crippen molar-refractivity contribution < 1.29 is 17.0 Å². The summed E-state index contributed by atoms with van der Waals surface area (Å²) >= 11 is 1.73. The Morgan fingerprint density at radius 2 is 1.23 bits per heavy atom. The zero-order chi connectivity index (χ0) is 20.1. The summed E-state index contributed by atoms with van der Waals surface area (Å²) in [6.45, 7) is 4.69. The zero-order valence-corrected chi connectivity index (χ0v) is 19.1. The normalized spacial score (nSPS) is 12.7. The van der Waals surface area contributed by atoms with Crippen molar-refractivity contribution in [2.24, 2.45) is 0 Å². The van der Waals surface area contributed by atoms with E-state index >= 15 is 0 Å². The van der Waals surface area contributed by atoms with Crippen molar-refractivity contribution in [3.63, 3.8) is 0 Å². The Kier molecular flexibility index (Phi) is 7.84. The molecule has 3 heteroatoms. The first kappa shape index (κ1) is 22.3. The number of aromatic nitrogens is 1. The fourth-order valence-electron chi connectivity index (χ4n) is 3.93. The molecular formula is C27H28ClNS. The number of hydrogen-bond acceptors (Lipinski definition) is 1. The molecule has 3 aromatic carbocycles. The van der Waals surface area contributed by atoms with Crippen LogP contribution in [0.3, 0.4) is 0 Å². The number of thiazole rings is 1. The highest BCUT2D eigenvalue weighted by atomic mass is 35.5. The molecule has 0 spiro atoms. The lowest BCUT2D eigenvalue weighted by Gasteiger charge is -2.17. The van der Waals surface area contributed by atoms with E-state index in [1.807, 2.05) is 0 Å². The van der Waals surface area contributed by atoms with Gasteiger partial charge in [-0.3, -0.25) is 0 Å². The lowest BCUT2D eigenvalue weighted by molar-refractivity contribution is -0.590. The summed E-state index contributed by atoms with van der Waals surface area (Å²) < 4.78 is 2.24. The molecule has 1 aromatic heterocycles. The van der Waals surface area contributed by atoms with Crippen LogP contribution in [0.1, 0.15) is 47.9 Å². The fraction of sp³-hybridized carbons (Fsp3) is 0.222. The lowest BCUT2D eigenvalue weighted by Crippen LogP contribution is -3.00. The van der Waals surface area contributed by atoms with Gasteiger partial charge in [-0.25, -0.2) is 0 Å². The van der Waals surface area contributed by atoms with Gasteiger partial charge < -0.3 is 12.4 Å². The van der Waals surface area contributed by atoms with Gasteiger partial charge in [0, 0.05) is 12.1 Å². The van der Waals surface area contributed by atoms with Crippen LogP contribution in [-0.2, 0) is 12.8 Å². The summed E-state index contributed by atoms with van der Waals surface area (Å²) in [6.07, 6.45) is 4.27. The Bertz CT molecular complexity index is 963. The Balaban J connectivity index is 0.00000256. The minimum Gasteiger partial charge on any atom is -1.00 e. The molecule has 0 aliphatic rings. The monoisotopic (exact) mass is 433 g/mol. The van der Waals surface area contributed by atoms with Crippen molar-refractivity contribution >= 4 is 11.3 Å². The lowest BCUT2D eigenvalue weighted by atomic mass is 9.87. The third-order valence-electron chi connectivity index (χ3n) is 5.64. The van der Waals surface area contributed by atoms with Gasteiger partial charge in [0.25, 0.3) is 0 Å². The maximum absolute atomic E-state index is 2.43. The Morgan fingerprint density at radius 1 is 0.733 bits per heavy atom. The van der Waals surface area contributed by atoms with Crippen molar-refractivity contribution in [1.29, 1.82) is 0 Å². The first-order chi connectivity index (χ1) is 14.2. The van der Waals surface area contributed by atoms with E-state index in [1.54, 1.807) is 11.3 Å². The van der Waals surface area contributed by atoms with Crippen LogP contribution in [0, 0.1) is 0 Å². The first-order valence-electron chi connectivity index (χ1n) is 10.4. The van der Waals surface area contributed by atoms with Crippen molar-refractivity contribution in [3.8, 4) is 5.69 Å². The van der Waals surface area contributed by atoms with Gasteiger partial charge in [-0.2, -0.15) is 4.57 Å². The average Bonchev–Trinajstić information content (AvgIpc) is 3.30. The van der Waals surface area contributed by atoms with Gasteiger partial charge in [-0.15, -0.1) is 0 Å². The largest absolute Gasteiger partial charge is 1.00 e. The molecule has 1 nitrogen and oxygen atoms in total. The van der Waals surface area contributed by atoms with E-state index in [2.05, 4.69) is 114 Å². The van der Waals surface area contributed by atoms with E-state index in [0.29, 0.717) is 11.8 Å². The van der Waals surface area contributed by atoms with E-state index in [-0.39, 0.29) is 12.4 Å². The maximum atomic E-state index is 2.43. The van der Waals surface area contributed by atoms with Crippen molar-refractivity contribution in [2.45, 2.75) is 38.5 Å². The second-order valence-electron chi connectivity index (χ2n) is 7.97. The third-order valence-corrected chi connectivity index (χ3v) is 6.27. The second-order valence-corrected chi connectivity index (χ2v) is 8.73. The molecule has 0 fully saturated rings. The van der Waals surface area contributed by atoms with Crippen LogP contribution < -0.4 is 17.0 Å². The van der Waals surface area contributed by atoms with Crippen molar-refractivity contribution in [2.75, 3.05) is 0 Å². The Hall–Kier alpha value is -2.42. The highest BCUT2D eigenvalue weighted by Crippen LogP contribution is 2.28. The van der Waals surface area contributed by atoms with Gasteiger partial charge in [-0.1, -0.05) is 91.9 Å². The van der Waals surface area contributed by atoms with Gasteiger partial charge in [0.1, 0.15) is 0 Å². The molecule has 0 aliphatic carbocycles. The predicted molar refractivity (Wildman–Crippen MR) is 123 cm³/mol. The molecule has 154 valence electrons. The van der Waals surface area contributed by atoms with E-state index in [1.165, 1.54) is 27.9 Å². The quantitative estimate of drug-likeness (QED) is 0.391. The number of nitrogens with zero attached hydrogens (tertiary/aromatic N) is 1. The fourth-order valence-corrected chi connectivity index (χ4v) is 4.53. The van der Waals surface area contributed by atoms with E-state index < -0.39 is 0 Å². The molecule has 30 heavy (non-hydrogen) atoms. The van der Waals surface area contributed by atoms with Crippen LogP contribution in [0.5, 0.6) is 0 Å². The minimum atomic E-state index is 0. The van der Waals surface area contributed by atoms with Crippen LogP contribution in [0.25, 0.3) is 5.69 Å². The molecule has 0 amide bonds. The standard InChI is InChI=1S/C27H28NS.ClH/c1-21(15-23-9-5-3-6-10-23)25-17-26(19-27(18-25)28-13-14-29-20-28)22(2)16-24-11-7-4-8-12-24;/h3-14,17-22H,15-16H2,1-2H3;1H/q+1;/p-1. The van der Waals surface area contributed by atoms with Gasteiger partial charge in [0.2, 0.25) is 11.2 Å². The second kappa shape index (κ2) is 10.6. The van der Waals surface area contributed by atoms with E-state index in [0.717, 1.165) is 12.8 Å². The van der Waals surface area contributed by atoms with Crippen LogP contribution >= 0.6 is 11.3 Å². The van der Waals surface area contributed by atoms with E-state index in [9.17, 15) is 0 Å². The summed E-state index contributed by atoms with van der Waals surface area (Å²) in [5, 5.41) is 2.13. The molecule has 0 N–H and O–H groups in total.